The first-order valence-corrected chi connectivity index (χ1v) is 15.5. The molecule has 1 N–H and O–H groups in total. The first kappa shape index (κ1) is 30.8. The third-order valence-corrected chi connectivity index (χ3v) is 8.99. The van der Waals surface area contributed by atoms with Gasteiger partial charge in [-0.3, -0.25) is 13.9 Å². The Bertz CT molecular complexity index is 1620. The lowest BCUT2D eigenvalue weighted by molar-refractivity contribution is -0.139. The summed E-state index contributed by atoms with van der Waals surface area (Å²) < 4.78 is 35.4. The number of hydrogen-bond donors (Lipinski definition) is 1. The van der Waals surface area contributed by atoms with Crippen LogP contribution < -0.4 is 14.4 Å². The van der Waals surface area contributed by atoms with E-state index in [1.807, 2.05) is 54.6 Å². The highest BCUT2D eigenvalue weighted by atomic mass is 79.9. The number of benzene rings is 4. The molecule has 2 amide bonds. The van der Waals surface area contributed by atoms with Crippen LogP contribution in [0.15, 0.2) is 119 Å². The largest absolute Gasteiger partial charge is 0.495 e. The van der Waals surface area contributed by atoms with Crippen molar-refractivity contribution < 1.29 is 22.7 Å². The molecular formula is C32H32BrN3O5S. The Hall–Kier alpha value is -4.15. The molecule has 218 valence electrons. The maximum absolute atomic E-state index is 14.3. The molecule has 0 aliphatic carbocycles. The van der Waals surface area contributed by atoms with E-state index < -0.39 is 28.5 Å². The molecule has 8 nitrogen and oxygen atoms in total. The van der Waals surface area contributed by atoms with Crippen LogP contribution in [0.3, 0.4) is 0 Å². The molecule has 4 aromatic carbocycles. The number of amides is 2. The number of sulfonamides is 1. The van der Waals surface area contributed by atoms with E-state index in [1.165, 1.54) is 31.2 Å². The van der Waals surface area contributed by atoms with E-state index in [9.17, 15) is 18.0 Å². The quantitative estimate of drug-likeness (QED) is 0.232. The van der Waals surface area contributed by atoms with Gasteiger partial charge in [-0.15, -0.1) is 0 Å². The number of para-hydroxylation sites is 2. The van der Waals surface area contributed by atoms with Gasteiger partial charge in [-0.05, 0) is 47.5 Å². The molecule has 0 unspecified atom stereocenters. The van der Waals surface area contributed by atoms with Gasteiger partial charge in [0.25, 0.3) is 10.0 Å². The topological polar surface area (TPSA) is 96.0 Å². The number of carbonyl (C=O) groups is 2. The van der Waals surface area contributed by atoms with Gasteiger partial charge in [-0.1, -0.05) is 88.7 Å². The third kappa shape index (κ3) is 7.37. The van der Waals surface area contributed by atoms with Crippen LogP contribution in [-0.2, 0) is 32.6 Å². The molecule has 4 rings (SSSR count). The molecule has 0 aliphatic rings. The molecule has 10 heteroatoms. The fourth-order valence-corrected chi connectivity index (χ4v) is 6.51. The Kier molecular flexibility index (Phi) is 10.4. The molecule has 42 heavy (non-hydrogen) atoms. The molecule has 0 fully saturated rings. The van der Waals surface area contributed by atoms with E-state index in [0.29, 0.717) is 0 Å². The normalized spacial score (nSPS) is 11.8. The fraction of sp³-hybridized carbons (Fsp3) is 0.188. The van der Waals surface area contributed by atoms with Crippen molar-refractivity contribution >= 4 is 43.5 Å². The predicted octanol–water partition coefficient (Wildman–Crippen LogP) is 5.04. The molecule has 0 heterocycles. The number of likely N-dealkylation sites (N-methyl/N-ethyl adjacent to an activating group) is 1. The van der Waals surface area contributed by atoms with E-state index >= 15 is 0 Å². The summed E-state index contributed by atoms with van der Waals surface area (Å²) in [4.78, 5) is 29.1. The first-order chi connectivity index (χ1) is 20.2. The Labute approximate surface area is 255 Å². The van der Waals surface area contributed by atoms with Crippen molar-refractivity contribution in [2.75, 3.05) is 25.0 Å². The zero-order valence-corrected chi connectivity index (χ0v) is 25.7. The Morgan fingerprint density at radius 1 is 0.857 bits per heavy atom. The molecule has 0 spiro atoms. The monoisotopic (exact) mass is 649 g/mol. The predicted molar refractivity (Wildman–Crippen MR) is 167 cm³/mol. The summed E-state index contributed by atoms with van der Waals surface area (Å²) in [5, 5.41) is 2.68. The van der Waals surface area contributed by atoms with Crippen LogP contribution in [0.1, 0.15) is 11.1 Å². The zero-order valence-electron chi connectivity index (χ0n) is 23.3. The Morgan fingerprint density at radius 2 is 1.48 bits per heavy atom. The minimum absolute atomic E-state index is 0.0226. The van der Waals surface area contributed by atoms with Gasteiger partial charge in [-0.25, -0.2) is 8.42 Å². The lowest BCUT2D eigenvalue weighted by Crippen LogP contribution is -2.53. The van der Waals surface area contributed by atoms with Gasteiger partial charge in [0.2, 0.25) is 11.8 Å². The molecule has 0 aliphatic heterocycles. The molecule has 0 radical (unpaired) electrons. The van der Waals surface area contributed by atoms with Gasteiger partial charge < -0.3 is 15.0 Å². The average Bonchev–Trinajstić information content (AvgIpc) is 3.02. The minimum atomic E-state index is -4.21. The SMILES string of the molecule is CNC(=O)[C@H](Cc1ccccc1)N(Cc1cccc(Br)c1)C(=O)CN(c1ccccc1OC)S(=O)(=O)c1ccccc1. The number of carbonyl (C=O) groups excluding carboxylic acids is 2. The number of anilines is 1. The first-order valence-electron chi connectivity index (χ1n) is 13.2. The maximum Gasteiger partial charge on any atom is 0.264 e. The van der Waals surface area contributed by atoms with Gasteiger partial charge in [0.1, 0.15) is 18.3 Å². The lowest BCUT2D eigenvalue weighted by atomic mass is 10.0. The molecule has 0 saturated carbocycles. The highest BCUT2D eigenvalue weighted by molar-refractivity contribution is 9.10. The van der Waals surface area contributed by atoms with Crippen molar-refractivity contribution in [2.45, 2.75) is 23.9 Å². The zero-order chi connectivity index (χ0) is 30.1. The number of halogens is 1. The molecule has 0 aromatic heterocycles. The summed E-state index contributed by atoms with van der Waals surface area (Å²) in [6.45, 7) is -0.484. The summed E-state index contributed by atoms with van der Waals surface area (Å²) in [6.07, 6.45) is 0.236. The van der Waals surface area contributed by atoms with E-state index in [0.717, 1.165) is 19.9 Å². The van der Waals surface area contributed by atoms with Crippen molar-refractivity contribution in [3.63, 3.8) is 0 Å². The second-order valence-corrected chi connectivity index (χ2v) is 12.2. The molecule has 0 bridgehead atoms. The fourth-order valence-electron chi connectivity index (χ4n) is 4.62. The number of methoxy groups -OCH3 is 1. The summed E-state index contributed by atoms with van der Waals surface area (Å²) in [6, 6.07) is 30.4. The van der Waals surface area contributed by atoms with Gasteiger partial charge in [0.15, 0.2) is 0 Å². The average molecular weight is 651 g/mol. The van der Waals surface area contributed by atoms with Crippen LogP contribution in [0.25, 0.3) is 0 Å². The number of nitrogens with one attached hydrogen (secondary N) is 1. The summed E-state index contributed by atoms with van der Waals surface area (Å²) in [7, 11) is -1.25. The van der Waals surface area contributed by atoms with Gasteiger partial charge in [0, 0.05) is 24.5 Å². The highest BCUT2D eigenvalue weighted by Gasteiger charge is 2.35. The van der Waals surface area contributed by atoms with E-state index in [1.54, 1.807) is 42.5 Å². The van der Waals surface area contributed by atoms with Crippen LogP contribution in [0.4, 0.5) is 5.69 Å². The summed E-state index contributed by atoms with van der Waals surface area (Å²) in [5.41, 5.74) is 1.84. The smallest absolute Gasteiger partial charge is 0.264 e. The number of ether oxygens (including phenoxy) is 1. The van der Waals surface area contributed by atoms with Crippen LogP contribution >= 0.6 is 15.9 Å². The van der Waals surface area contributed by atoms with Crippen LogP contribution in [0, 0.1) is 0 Å². The van der Waals surface area contributed by atoms with E-state index in [2.05, 4.69) is 21.2 Å². The second kappa shape index (κ2) is 14.2. The van der Waals surface area contributed by atoms with E-state index in [4.69, 9.17) is 4.74 Å². The lowest BCUT2D eigenvalue weighted by Gasteiger charge is -2.34. The minimum Gasteiger partial charge on any atom is -0.495 e. The third-order valence-electron chi connectivity index (χ3n) is 6.72. The Balaban J connectivity index is 1.81. The van der Waals surface area contributed by atoms with Crippen LogP contribution in [-0.4, -0.2) is 51.9 Å². The van der Waals surface area contributed by atoms with Crippen LogP contribution in [0.5, 0.6) is 5.75 Å². The Morgan fingerprint density at radius 3 is 2.12 bits per heavy atom. The molecule has 1 atom stereocenters. The van der Waals surface area contributed by atoms with Gasteiger partial charge >= 0.3 is 0 Å². The number of hydrogen-bond acceptors (Lipinski definition) is 5. The van der Waals surface area contributed by atoms with Crippen molar-refractivity contribution in [3.8, 4) is 5.75 Å². The summed E-state index contributed by atoms with van der Waals surface area (Å²) in [5.74, 6) is -0.627. The van der Waals surface area contributed by atoms with E-state index in [-0.39, 0.29) is 35.2 Å². The second-order valence-electron chi connectivity index (χ2n) is 9.47. The molecule has 0 saturated heterocycles. The maximum atomic E-state index is 14.3. The highest BCUT2D eigenvalue weighted by Crippen LogP contribution is 2.32. The standard InChI is InChI=1S/C32H32BrN3O5S/c1-34-32(38)29(21-24-12-5-3-6-13-24)35(22-25-14-11-15-26(33)20-25)31(37)23-36(28-18-9-10-19-30(28)41-2)42(39,40)27-16-7-4-8-17-27/h3-20,29H,21-23H2,1-2H3,(H,34,38)/t29-/m0/s1. The van der Waals surface area contributed by atoms with Crippen LogP contribution in [0.2, 0.25) is 0 Å². The molecule has 4 aromatic rings. The van der Waals surface area contributed by atoms with Crippen molar-refractivity contribution in [3.05, 3.63) is 125 Å². The number of nitrogens with zero attached hydrogens (tertiary/aromatic N) is 2. The van der Waals surface area contributed by atoms with Crippen molar-refractivity contribution in [2.24, 2.45) is 0 Å². The molecular weight excluding hydrogens is 618 g/mol. The van der Waals surface area contributed by atoms with Crippen molar-refractivity contribution in [1.82, 2.24) is 10.2 Å². The van der Waals surface area contributed by atoms with Gasteiger partial charge in [0.05, 0.1) is 17.7 Å². The van der Waals surface area contributed by atoms with Gasteiger partial charge in [-0.2, -0.15) is 0 Å². The summed E-state index contributed by atoms with van der Waals surface area (Å²) >= 11 is 3.48. The van der Waals surface area contributed by atoms with Crippen molar-refractivity contribution in [1.29, 1.82) is 0 Å². The number of rotatable bonds is 12.